The van der Waals surface area contributed by atoms with Gasteiger partial charge in [0.25, 0.3) is 0 Å². The van der Waals surface area contributed by atoms with Crippen molar-refractivity contribution in [3.8, 4) is 0 Å². The van der Waals surface area contributed by atoms with Gasteiger partial charge in [-0.25, -0.2) is 0 Å². The molecule has 1 unspecified atom stereocenters. The van der Waals surface area contributed by atoms with E-state index in [9.17, 15) is 4.79 Å². The Balaban J connectivity index is 2.33. The lowest BCUT2D eigenvalue weighted by atomic mass is 9.94. The van der Waals surface area contributed by atoms with Gasteiger partial charge in [-0.2, -0.15) is 0 Å². The number of hydrogen-bond donors (Lipinski definition) is 1. The molecular weight excluding hydrogens is 244 g/mol. The molecule has 0 amide bonds. The van der Waals surface area contributed by atoms with E-state index in [-0.39, 0.29) is 6.42 Å². The first-order valence-corrected chi connectivity index (χ1v) is 6.20. The molecule has 0 radical (unpaired) electrons. The molecule has 0 spiro atoms. The highest BCUT2D eigenvalue weighted by atomic mass is 16.4. The molecule has 5 heteroatoms. The van der Waals surface area contributed by atoms with Gasteiger partial charge >= 0.3 is 5.97 Å². The fourth-order valence-electron chi connectivity index (χ4n) is 1.96. The number of carboxylic acids is 1. The van der Waals surface area contributed by atoms with Crippen LogP contribution in [-0.2, 0) is 11.2 Å². The van der Waals surface area contributed by atoms with E-state index >= 15 is 0 Å². The Labute approximate surface area is 111 Å². The molecule has 0 aliphatic rings. The van der Waals surface area contributed by atoms with E-state index in [1.54, 1.807) is 6.92 Å². The highest BCUT2D eigenvalue weighted by molar-refractivity contribution is 5.68. The summed E-state index contributed by atoms with van der Waals surface area (Å²) >= 11 is 0. The van der Waals surface area contributed by atoms with Gasteiger partial charge in [0, 0.05) is 6.92 Å². The normalized spacial score (nSPS) is 12.3. The van der Waals surface area contributed by atoms with Crippen LogP contribution >= 0.6 is 0 Å². The van der Waals surface area contributed by atoms with E-state index in [1.807, 2.05) is 24.3 Å². The minimum Gasteiger partial charge on any atom is -0.481 e. The maximum absolute atomic E-state index is 11.0. The van der Waals surface area contributed by atoms with Crippen LogP contribution in [0, 0.1) is 6.92 Å². The van der Waals surface area contributed by atoms with Gasteiger partial charge in [0.05, 0.1) is 12.3 Å². The number of rotatable bonds is 5. The molecule has 0 bridgehead atoms. The van der Waals surface area contributed by atoms with Crippen molar-refractivity contribution in [2.75, 3.05) is 0 Å². The van der Waals surface area contributed by atoms with Crippen LogP contribution in [0.3, 0.4) is 0 Å². The van der Waals surface area contributed by atoms with Crippen LogP contribution in [0.5, 0.6) is 0 Å². The molecule has 2 rings (SSSR count). The molecule has 2 aromatic rings. The minimum atomic E-state index is -0.888. The number of carboxylic acid groups (broad SMARTS) is 1. The number of aliphatic carboxylic acids is 1. The maximum Gasteiger partial charge on any atom is 0.304 e. The molecule has 0 aliphatic heterocycles. The number of carbonyl (C=O) groups is 1. The Kier molecular flexibility index (Phi) is 3.94. The predicted molar refractivity (Wildman–Crippen MR) is 69.0 cm³/mol. The van der Waals surface area contributed by atoms with Gasteiger partial charge in [-0.3, -0.25) is 4.79 Å². The molecule has 1 heterocycles. The Morgan fingerprint density at radius 1 is 1.32 bits per heavy atom. The van der Waals surface area contributed by atoms with E-state index in [4.69, 9.17) is 9.52 Å². The predicted octanol–water partition coefficient (Wildman–Crippen LogP) is 2.55. The summed E-state index contributed by atoms with van der Waals surface area (Å²) < 4.78 is 5.37. The van der Waals surface area contributed by atoms with Gasteiger partial charge in [0.2, 0.25) is 11.8 Å². The van der Waals surface area contributed by atoms with Crippen LogP contribution in [0.1, 0.15) is 42.2 Å². The van der Waals surface area contributed by atoms with Crippen molar-refractivity contribution in [3.05, 3.63) is 47.2 Å². The van der Waals surface area contributed by atoms with E-state index in [0.717, 1.165) is 12.0 Å². The fourth-order valence-corrected chi connectivity index (χ4v) is 1.96. The highest BCUT2D eigenvalue weighted by Crippen LogP contribution is 2.27. The Morgan fingerprint density at radius 2 is 2.00 bits per heavy atom. The average molecular weight is 260 g/mol. The third-order valence-electron chi connectivity index (χ3n) is 3.01. The zero-order valence-electron chi connectivity index (χ0n) is 11.0. The molecule has 0 saturated carbocycles. The lowest BCUT2D eigenvalue weighted by Crippen LogP contribution is -2.08. The van der Waals surface area contributed by atoms with E-state index in [2.05, 4.69) is 17.1 Å². The van der Waals surface area contributed by atoms with E-state index in [1.165, 1.54) is 5.56 Å². The smallest absolute Gasteiger partial charge is 0.304 e. The third-order valence-corrected chi connectivity index (χ3v) is 3.01. The standard InChI is InChI=1S/C14H16N2O3/c1-3-10-4-6-11(7-5-10)12(8-13(17)18)14-16-15-9(2)19-14/h4-7,12H,3,8H2,1-2H3,(H,17,18). The average Bonchev–Trinajstić information content (AvgIpc) is 2.82. The molecule has 1 N–H and O–H groups in total. The summed E-state index contributed by atoms with van der Waals surface area (Å²) in [7, 11) is 0. The number of hydrogen-bond acceptors (Lipinski definition) is 4. The van der Waals surface area contributed by atoms with Crippen molar-refractivity contribution in [3.63, 3.8) is 0 Å². The molecular formula is C14H16N2O3. The van der Waals surface area contributed by atoms with Crippen LogP contribution in [0.25, 0.3) is 0 Å². The second-order valence-corrected chi connectivity index (χ2v) is 4.40. The summed E-state index contributed by atoms with van der Waals surface area (Å²) in [5.74, 6) is -0.496. The second-order valence-electron chi connectivity index (χ2n) is 4.40. The Hall–Kier alpha value is -2.17. The highest BCUT2D eigenvalue weighted by Gasteiger charge is 2.23. The summed E-state index contributed by atoms with van der Waals surface area (Å²) in [6, 6.07) is 7.83. The van der Waals surface area contributed by atoms with Gasteiger partial charge in [-0.1, -0.05) is 31.2 Å². The quantitative estimate of drug-likeness (QED) is 0.894. The second kappa shape index (κ2) is 5.65. The van der Waals surface area contributed by atoms with Crippen molar-refractivity contribution in [1.82, 2.24) is 10.2 Å². The first-order valence-electron chi connectivity index (χ1n) is 6.20. The third kappa shape index (κ3) is 3.19. The SMILES string of the molecule is CCc1ccc(C(CC(=O)O)c2nnc(C)o2)cc1. The first kappa shape index (κ1) is 13.3. The molecule has 1 aromatic heterocycles. The topological polar surface area (TPSA) is 76.2 Å². The number of aromatic nitrogens is 2. The largest absolute Gasteiger partial charge is 0.481 e. The molecule has 0 saturated heterocycles. The van der Waals surface area contributed by atoms with E-state index in [0.29, 0.717) is 11.8 Å². The summed E-state index contributed by atoms with van der Waals surface area (Å²) in [6.07, 6.45) is 0.886. The molecule has 19 heavy (non-hydrogen) atoms. The molecule has 0 fully saturated rings. The fraction of sp³-hybridized carbons (Fsp3) is 0.357. The van der Waals surface area contributed by atoms with Crippen molar-refractivity contribution >= 4 is 5.97 Å². The molecule has 1 atom stereocenters. The summed E-state index contributed by atoms with van der Waals surface area (Å²) in [6.45, 7) is 3.76. The van der Waals surface area contributed by atoms with Crippen LogP contribution in [0.4, 0.5) is 0 Å². The van der Waals surface area contributed by atoms with Crippen LogP contribution in [0.2, 0.25) is 0 Å². The van der Waals surface area contributed by atoms with Gasteiger partial charge < -0.3 is 9.52 Å². The zero-order valence-corrected chi connectivity index (χ0v) is 11.0. The first-order chi connectivity index (χ1) is 9.10. The molecule has 5 nitrogen and oxygen atoms in total. The van der Waals surface area contributed by atoms with Crippen molar-refractivity contribution in [2.45, 2.75) is 32.6 Å². The van der Waals surface area contributed by atoms with Gasteiger partial charge in [-0.05, 0) is 17.5 Å². The summed E-state index contributed by atoms with van der Waals surface area (Å²) in [5.41, 5.74) is 2.09. The molecule has 1 aromatic carbocycles. The molecule has 100 valence electrons. The lowest BCUT2D eigenvalue weighted by molar-refractivity contribution is -0.137. The van der Waals surface area contributed by atoms with E-state index < -0.39 is 11.9 Å². The Bertz CT molecular complexity index is 560. The summed E-state index contributed by atoms with van der Waals surface area (Å²) in [4.78, 5) is 11.0. The van der Waals surface area contributed by atoms with Crippen molar-refractivity contribution in [2.24, 2.45) is 0 Å². The summed E-state index contributed by atoms with van der Waals surface area (Å²) in [5, 5.41) is 16.7. The minimum absolute atomic E-state index is 0.0624. The van der Waals surface area contributed by atoms with Crippen LogP contribution in [-0.4, -0.2) is 21.3 Å². The van der Waals surface area contributed by atoms with Crippen LogP contribution in [0.15, 0.2) is 28.7 Å². The lowest BCUT2D eigenvalue weighted by Gasteiger charge is -2.11. The zero-order chi connectivity index (χ0) is 13.8. The number of nitrogens with zero attached hydrogens (tertiary/aromatic N) is 2. The molecule has 0 aliphatic carbocycles. The number of aryl methyl sites for hydroxylation is 2. The van der Waals surface area contributed by atoms with Gasteiger partial charge in [0.15, 0.2) is 0 Å². The van der Waals surface area contributed by atoms with Gasteiger partial charge in [0.1, 0.15) is 0 Å². The maximum atomic E-state index is 11.0. The van der Waals surface area contributed by atoms with Crippen LogP contribution < -0.4 is 0 Å². The monoisotopic (exact) mass is 260 g/mol. The van der Waals surface area contributed by atoms with Gasteiger partial charge in [-0.15, -0.1) is 10.2 Å². The Morgan fingerprint density at radius 3 is 2.47 bits per heavy atom. The van der Waals surface area contributed by atoms with Crippen molar-refractivity contribution < 1.29 is 14.3 Å². The number of benzene rings is 1. The van der Waals surface area contributed by atoms with Crippen molar-refractivity contribution in [1.29, 1.82) is 0 Å².